The standard InChI is InChI=1S/C14H14BrN5/c15-10-2-4-13(17)12(6-10)14-8-20(19-18-14)11-3-1-9(5-11)7-16/h2,4,6,8-9,11H,1,3,5,17H2. The number of nitriles is 1. The maximum absolute atomic E-state index is 8.96. The average Bonchev–Trinajstić information content (AvgIpc) is 3.09. The zero-order valence-electron chi connectivity index (χ0n) is 10.8. The summed E-state index contributed by atoms with van der Waals surface area (Å²) in [7, 11) is 0. The summed E-state index contributed by atoms with van der Waals surface area (Å²) < 4.78 is 2.83. The SMILES string of the molecule is N#CC1CCC(n2cc(-c3cc(Br)ccc3N)nn2)C1. The van der Waals surface area contributed by atoms with E-state index in [1.54, 1.807) is 0 Å². The number of hydrogen-bond donors (Lipinski definition) is 1. The first-order chi connectivity index (χ1) is 9.67. The van der Waals surface area contributed by atoms with Crippen LogP contribution >= 0.6 is 15.9 Å². The molecule has 0 bridgehead atoms. The lowest BCUT2D eigenvalue weighted by molar-refractivity contribution is 0.446. The van der Waals surface area contributed by atoms with Gasteiger partial charge in [-0.05, 0) is 37.5 Å². The average molecular weight is 332 g/mol. The van der Waals surface area contributed by atoms with Gasteiger partial charge in [-0.3, -0.25) is 0 Å². The summed E-state index contributed by atoms with van der Waals surface area (Å²) in [6.07, 6.45) is 4.69. The third-order valence-electron chi connectivity index (χ3n) is 3.76. The van der Waals surface area contributed by atoms with Gasteiger partial charge in [0, 0.05) is 21.6 Å². The molecule has 3 rings (SSSR count). The first kappa shape index (κ1) is 13.1. The first-order valence-electron chi connectivity index (χ1n) is 6.54. The minimum Gasteiger partial charge on any atom is -0.398 e. The smallest absolute Gasteiger partial charge is 0.115 e. The molecule has 1 saturated carbocycles. The highest BCUT2D eigenvalue weighted by atomic mass is 79.9. The zero-order valence-corrected chi connectivity index (χ0v) is 12.4. The molecule has 2 aromatic rings. The van der Waals surface area contributed by atoms with Crippen molar-refractivity contribution in [1.82, 2.24) is 15.0 Å². The van der Waals surface area contributed by atoms with Crippen LogP contribution in [0, 0.1) is 17.2 Å². The summed E-state index contributed by atoms with van der Waals surface area (Å²) in [5.41, 5.74) is 8.31. The molecule has 1 fully saturated rings. The van der Waals surface area contributed by atoms with Gasteiger partial charge in [0.15, 0.2) is 0 Å². The lowest BCUT2D eigenvalue weighted by atomic mass is 10.1. The number of nitrogen functional groups attached to an aromatic ring is 1. The van der Waals surface area contributed by atoms with E-state index in [0.29, 0.717) is 5.69 Å². The van der Waals surface area contributed by atoms with E-state index in [9.17, 15) is 0 Å². The van der Waals surface area contributed by atoms with Gasteiger partial charge in [-0.2, -0.15) is 5.26 Å². The van der Waals surface area contributed by atoms with Crippen molar-refractivity contribution in [3.05, 3.63) is 28.9 Å². The van der Waals surface area contributed by atoms with E-state index in [0.717, 1.165) is 35.0 Å². The van der Waals surface area contributed by atoms with Gasteiger partial charge in [-0.15, -0.1) is 5.10 Å². The van der Waals surface area contributed by atoms with E-state index in [1.165, 1.54) is 0 Å². The van der Waals surface area contributed by atoms with Gasteiger partial charge in [0.25, 0.3) is 0 Å². The van der Waals surface area contributed by atoms with Crippen LogP contribution in [0.15, 0.2) is 28.9 Å². The Morgan fingerprint density at radius 3 is 3.00 bits per heavy atom. The molecule has 0 radical (unpaired) electrons. The van der Waals surface area contributed by atoms with E-state index in [4.69, 9.17) is 11.0 Å². The predicted molar refractivity (Wildman–Crippen MR) is 79.6 cm³/mol. The number of hydrogen-bond acceptors (Lipinski definition) is 4. The lowest BCUT2D eigenvalue weighted by Crippen LogP contribution is -2.06. The van der Waals surface area contributed by atoms with Crippen molar-refractivity contribution < 1.29 is 0 Å². The highest BCUT2D eigenvalue weighted by molar-refractivity contribution is 9.10. The zero-order chi connectivity index (χ0) is 14.1. The molecule has 1 aromatic carbocycles. The van der Waals surface area contributed by atoms with Gasteiger partial charge in [0.05, 0.1) is 18.3 Å². The maximum Gasteiger partial charge on any atom is 0.115 e. The maximum atomic E-state index is 8.96. The van der Waals surface area contributed by atoms with Crippen molar-refractivity contribution in [1.29, 1.82) is 5.26 Å². The largest absolute Gasteiger partial charge is 0.398 e. The minimum absolute atomic E-state index is 0.142. The Morgan fingerprint density at radius 1 is 1.40 bits per heavy atom. The molecule has 2 unspecified atom stereocenters. The molecule has 5 nitrogen and oxygen atoms in total. The molecule has 1 aliphatic carbocycles. The number of nitrogens with two attached hydrogens (primary N) is 1. The number of rotatable bonds is 2. The van der Waals surface area contributed by atoms with Crippen molar-refractivity contribution in [2.24, 2.45) is 5.92 Å². The number of nitrogens with zero attached hydrogens (tertiary/aromatic N) is 4. The molecular formula is C14H14BrN5. The van der Waals surface area contributed by atoms with Crippen molar-refractivity contribution in [3.8, 4) is 17.3 Å². The second kappa shape index (κ2) is 5.25. The molecule has 0 aliphatic heterocycles. The third kappa shape index (κ3) is 2.41. The third-order valence-corrected chi connectivity index (χ3v) is 4.26. The van der Waals surface area contributed by atoms with Crippen LogP contribution in [0.1, 0.15) is 25.3 Å². The quantitative estimate of drug-likeness (QED) is 0.857. The fourth-order valence-electron chi connectivity index (χ4n) is 2.64. The Balaban J connectivity index is 1.87. The van der Waals surface area contributed by atoms with E-state index < -0.39 is 0 Å². The summed E-state index contributed by atoms with van der Waals surface area (Å²) in [6, 6.07) is 8.29. The van der Waals surface area contributed by atoms with Gasteiger partial charge < -0.3 is 5.73 Å². The first-order valence-corrected chi connectivity index (χ1v) is 7.33. The summed E-state index contributed by atoms with van der Waals surface area (Å²) >= 11 is 3.44. The van der Waals surface area contributed by atoms with Crippen molar-refractivity contribution in [2.45, 2.75) is 25.3 Å². The Labute approximate surface area is 125 Å². The van der Waals surface area contributed by atoms with Crippen LogP contribution in [-0.2, 0) is 0 Å². The number of halogens is 1. The summed E-state index contributed by atoms with van der Waals surface area (Å²) in [5, 5.41) is 17.4. The van der Waals surface area contributed by atoms with Crippen LogP contribution in [0.4, 0.5) is 5.69 Å². The summed E-state index contributed by atoms with van der Waals surface area (Å²) in [5.74, 6) is 0.142. The van der Waals surface area contributed by atoms with Gasteiger partial charge in [0.1, 0.15) is 5.69 Å². The van der Waals surface area contributed by atoms with Crippen LogP contribution in [0.3, 0.4) is 0 Å². The lowest BCUT2D eigenvalue weighted by Gasteiger charge is -2.07. The van der Waals surface area contributed by atoms with Crippen LogP contribution in [0.2, 0.25) is 0 Å². The molecule has 2 atom stereocenters. The van der Waals surface area contributed by atoms with Crippen LogP contribution in [0.5, 0.6) is 0 Å². The van der Waals surface area contributed by atoms with Gasteiger partial charge in [0.2, 0.25) is 0 Å². The second-order valence-electron chi connectivity index (χ2n) is 5.11. The second-order valence-corrected chi connectivity index (χ2v) is 6.02. The molecule has 1 heterocycles. The Morgan fingerprint density at radius 2 is 2.25 bits per heavy atom. The number of benzene rings is 1. The van der Waals surface area contributed by atoms with Gasteiger partial charge in [-0.25, -0.2) is 4.68 Å². The molecule has 0 saturated heterocycles. The number of aromatic nitrogens is 3. The van der Waals surface area contributed by atoms with Crippen molar-refractivity contribution >= 4 is 21.6 Å². The fraction of sp³-hybridized carbons (Fsp3) is 0.357. The van der Waals surface area contributed by atoms with Crippen LogP contribution in [0.25, 0.3) is 11.3 Å². The monoisotopic (exact) mass is 331 g/mol. The molecular weight excluding hydrogens is 318 g/mol. The Kier molecular flexibility index (Phi) is 3.45. The van der Waals surface area contributed by atoms with E-state index >= 15 is 0 Å². The minimum atomic E-state index is 0.142. The highest BCUT2D eigenvalue weighted by Crippen LogP contribution is 2.35. The molecule has 20 heavy (non-hydrogen) atoms. The van der Waals surface area contributed by atoms with E-state index in [-0.39, 0.29) is 12.0 Å². The van der Waals surface area contributed by atoms with Crippen LogP contribution < -0.4 is 5.73 Å². The predicted octanol–water partition coefficient (Wildman–Crippen LogP) is 3.15. The Bertz CT molecular complexity index is 672. The van der Waals surface area contributed by atoms with Gasteiger partial charge >= 0.3 is 0 Å². The fourth-order valence-corrected chi connectivity index (χ4v) is 3.01. The van der Waals surface area contributed by atoms with Crippen molar-refractivity contribution in [2.75, 3.05) is 5.73 Å². The van der Waals surface area contributed by atoms with Crippen molar-refractivity contribution in [3.63, 3.8) is 0 Å². The number of anilines is 1. The van der Waals surface area contributed by atoms with E-state index in [2.05, 4.69) is 32.3 Å². The molecule has 1 aliphatic rings. The molecule has 0 spiro atoms. The molecule has 2 N–H and O–H groups in total. The van der Waals surface area contributed by atoms with Gasteiger partial charge in [-0.1, -0.05) is 21.1 Å². The molecule has 0 amide bonds. The Hall–Kier alpha value is -1.87. The van der Waals surface area contributed by atoms with E-state index in [1.807, 2.05) is 29.1 Å². The van der Waals surface area contributed by atoms with Crippen LogP contribution in [-0.4, -0.2) is 15.0 Å². The normalized spacial score (nSPS) is 21.8. The summed E-state index contributed by atoms with van der Waals surface area (Å²) in [4.78, 5) is 0. The molecule has 6 heteroatoms. The molecule has 1 aromatic heterocycles. The summed E-state index contributed by atoms with van der Waals surface area (Å²) in [6.45, 7) is 0. The molecule has 102 valence electrons. The topological polar surface area (TPSA) is 80.5 Å². The highest BCUT2D eigenvalue weighted by Gasteiger charge is 2.26.